The first-order valence-corrected chi connectivity index (χ1v) is 13.5. The standard InChI is InChI=1S/C23H27N3O4S2/c27-22(17-7-13-25(14-8-17)32(29,30)21-6-3-15-31-21)24-11-9-19(10-12-24)26-16-18-4-1-2-5-20(18)23(26)28/h1-6,15,17,19H,7-14,16H2. The van der Waals surface area contributed by atoms with Crippen LogP contribution in [-0.4, -0.2) is 62.7 Å². The van der Waals surface area contributed by atoms with Crippen LogP contribution in [0.5, 0.6) is 0 Å². The molecule has 1 aromatic carbocycles. The number of fused-ring (bicyclic) bond motifs is 1. The van der Waals surface area contributed by atoms with Gasteiger partial charge in [-0.05, 0) is 48.8 Å². The first kappa shape index (κ1) is 21.8. The van der Waals surface area contributed by atoms with Crippen molar-refractivity contribution in [3.8, 4) is 0 Å². The van der Waals surface area contributed by atoms with Crippen molar-refractivity contribution >= 4 is 33.6 Å². The number of amides is 2. The number of sulfonamides is 1. The Morgan fingerprint density at radius 2 is 1.72 bits per heavy atom. The number of benzene rings is 1. The molecule has 2 aromatic rings. The molecule has 3 aliphatic rings. The lowest BCUT2D eigenvalue weighted by Gasteiger charge is -2.39. The van der Waals surface area contributed by atoms with E-state index >= 15 is 0 Å². The molecule has 0 N–H and O–H groups in total. The summed E-state index contributed by atoms with van der Waals surface area (Å²) in [4.78, 5) is 29.7. The number of likely N-dealkylation sites (tertiary alicyclic amines) is 1. The Balaban J connectivity index is 1.13. The van der Waals surface area contributed by atoms with Gasteiger partial charge >= 0.3 is 0 Å². The molecule has 1 unspecified atom stereocenters. The van der Waals surface area contributed by atoms with E-state index < -0.39 is 10.4 Å². The monoisotopic (exact) mass is 473 g/mol. The quantitative estimate of drug-likeness (QED) is 0.639. The number of hydrogen-bond donors (Lipinski definition) is 0. The summed E-state index contributed by atoms with van der Waals surface area (Å²) in [6.45, 7) is 2.72. The predicted molar refractivity (Wildman–Crippen MR) is 122 cm³/mol. The number of hydrogen-bond acceptors (Lipinski definition) is 5. The van der Waals surface area contributed by atoms with E-state index in [1.807, 2.05) is 34.1 Å². The van der Waals surface area contributed by atoms with Crippen LogP contribution < -0.4 is 0 Å². The van der Waals surface area contributed by atoms with Gasteiger partial charge in [-0.15, -0.1) is 4.31 Å². The van der Waals surface area contributed by atoms with Crippen LogP contribution in [0.3, 0.4) is 0 Å². The third-order valence-electron chi connectivity index (χ3n) is 6.96. The van der Waals surface area contributed by atoms with E-state index in [4.69, 9.17) is 0 Å². The molecular formula is C23H27N3O4S2. The van der Waals surface area contributed by atoms with Gasteiger partial charge in [0.25, 0.3) is 5.91 Å². The Bertz CT molecular complexity index is 1040. The summed E-state index contributed by atoms with van der Waals surface area (Å²) >= 11 is 1.23. The highest BCUT2D eigenvalue weighted by atomic mass is 32.3. The summed E-state index contributed by atoms with van der Waals surface area (Å²) < 4.78 is 27.3. The summed E-state index contributed by atoms with van der Waals surface area (Å²) in [6.07, 6.45) is 2.70. The SMILES string of the molecule is O=C(C1CCN([S+](=O)([O-])c2cccs2)CC1)N1CCC(N2Cc3ccccc3C2=O)CC1. The van der Waals surface area contributed by atoms with Gasteiger partial charge in [-0.25, -0.2) is 0 Å². The highest BCUT2D eigenvalue weighted by Gasteiger charge is 2.39. The Morgan fingerprint density at radius 1 is 1.00 bits per heavy atom. The Labute approximate surface area is 193 Å². The molecule has 0 aliphatic carbocycles. The maximum absolute atomic E-state index is 13.1. The minimum Gasteiger partial charge on any atom is -0.592 e. The van der Waals surface area contributed by atoms with E-state index in [0.29, 0.717) is 49.8 Å². The average Bonchev–Trinajstić information content (AvgIpc) is 3.48. The van der Waals surface area contributed by atoms with E-state index in [9.17, 15) is 18.4 Å². The molecule has 4 heterocycles. The summed E-state index contributed by atoms with van der Waals surface area (Å²) in [7, 11) is -3.45. The summed E-state index contributed by atoms with van der Waals surface area (Å²) in [5, 5.41) is 1.77. The number of piperidine rings is 2. The third kappa shape index (κ3) is 3.91. The van der Waals surface area contributed by atoms with E-state index in [0.717, 1.165) is 24.0 Å². The van der Waals surface area contributed by atoms with Crippen LogP contribution in [0.2, 0.25) is 0 Å². The van der Waals surface area contributed by atoms with Crippen molar-refractivity contribution in [3.63, 3.8) is 0 Å². The van der Waals surface area contributed by atoms with E-state index in [2.05, 4.69) is 0 Å². The van der Waals surface area contributed by atoms with Crippen molar-refractivity contribution in [1.29, 1.82) is 0 Å². The van der Waals surface area contributed by atoms with Crippen LogP contribution >= 0.6 is 11.3 Å². The molecule has 3 aliphatic heterocycles. The van der Waals surface area contributed by atoms with E-state index in [1.165, 1.54) is 15.6 Å². The lowest BCUT2D eigenvalue weighted by molar-refractivity contribution is -0.138. The summed E-state index contributed by atoms with van der Waals surface area (Å²) in [6, 6.07) is 11.3. The molecule has 32 heavy (non-hydrogen) atoms. The molecule has 2 amide bonds. The number of rotatable bonds is 4. The fourth-order valence-electron chi connectivity index (χ4n) is 5.11. The molecule has 0 spiro atoms. The second kappa shape index (κ2) is 8.70. The van der Waals surface area contributed by atoms with Crippen molar-refractivity contribution < 1.29 is 18.4 Å². The van der Waals surface area contributed by atoms with Gasteiger partial charge in [0.2, 0.25) is 10.1 Å². The van der Waals surface area contributed by atoms with Gasteiger partial charge in [-0.1, -0.05) is 33.7 Å². The second-order valence-electron chi connectivity index (χ2n) is 8.76. The van der Waals surface area contributed by atoms with Crippen LogP contribution in [0.25, 0.3) is 0 Å². The van der Waals surface area contributed by atoms with E-state index in [1.54, 1.807) is 17.5 Å². The molecule has 0 radical (unpaired) electrons. The zero-order valence-corrected chi connectivity index (χ0v) is 19.5. The van der Waals surface area contributed by atoms with E-state index in [-0.39, 0.29) is 23.8 Å². The van der Waals surface area contributed by atoms with Gasteiger partial charge in [0.15, 0.2) is 10.4 Å². The van der Waals surface area contributed by atoms with Crippen LogP contribution in [0, 0.1) is 5.92 Å². The smallest absolute Gasteiger partial charge is 0.254 e. The first-order chi connectivity index (χ1) is 15.4. The largest absolute Gasteiger partial charge is 0.592 e. The molecule has 1 atom stereocenters. The van der Waals surface area contributed by atoms with Gasteiger partial charge in [0.05, 0.1) is 0 Å². The van der Waals surface area contributed by atoms with Gasteiger partial charge in [0, 0.05) is 56.3 Å². The Hall–Kier alpha value is -2.07. The van der Waals surface area contributed by atoms with Gasteiger partial charge in [-0.2, -0.15) is 0 Å². The van der Waals surface area contributed by atoms with Gasteiger partial charge in [0.1, 0.15) is 0 Å². The Kier molecular flexibility index (Phi) is 5.92. The van der Waals surface area contributed by atoms with Crippen LogP contribution in [0.15, 0.2) is 46.0 Å². The third-order valence-corrected chi connectivity index (χ3v) is 10.2. The fourth-order valence-corrected chi connectivity index (χ4v) is 7.72. The second-order valence-corrected chi connectivity index (χ2v) is 11.9. The molecular weight excluding hydrogens is 446 g/mol. The molecule has 2 saturated heterocycles. The minimum atomic E-state index is -3.45. The number of carbonyl (C=O) groups is 2. The molecule has 170 valence electrons. The van der Waals surface area contributed by atoms with Gasteiger partial charge in [-0.3, -0.25) is 9.59 Å². The average molecular weight is 474 g/mol. The molecule has 2 fully saturated rings. The number of carbonyl (C=O) groups excluding carboxylic acids is 2. The van der Waals surface area contributed by atoms with Crippen LogP contribution in [0.1, 0.15) is 41.6 Å². The van der Waals surface area contributed by atoms with Crippen molar-refractivity contribution in [1.82, 2.24) is 14.1 Å². The molecule has 7 nitrogen and oxygen atoms in total. The molecule has 0 bridgehead atoms. The zero-order valence-electron chi connectivity index (χ0n) is 17.9. The molecule has 5 rings (SSSR count). The molecule has 9 heteroatoms. The summed E-state index contributed by atoms with van der Waals surface area (Å²) in [5.41, 5.74) is 1.88. The predicted octanol–water partition coefficient (Wildman–Crippen LogP) is 3.01. The van der Waals surface area contributed by atoms with Crippen molar-refractivity contribution in [2.45, 2.75) is 42.5 Å². The normalized spacial score (nSPS) is 22.7. The van der Waals surface area contributed by atoms with Crippen molar-refractivity contribution in [2.75, 3.05) is 26.2 Å². The number of thiophene rings is 1. The fraction of sp³-hybridized carbons (Fsp3) is 0.478. The molecule has 1 aromatic heterocycles. The minimum absolute atomic E-state index is 0.102. The number of nitrogens with zero attached hydrogens (tertiary/aromatic N) is 3. The van der Waals surface area contributed by atoms with Crippen LogP contribution in [0.4, 0.5) is 0 Å². The first-order valence-electron chi connectivity index (χ1n) is 11.2. The Morgan fingerprint density at radius 3 is 2.38 bits per heavy atom. The highest BCUT2D eigenvalue weighted by molar-refractivity contribution is 7.97. The lowest BCUT2D eigenvalue weighted by Crippen LogP contribution is -2.50. The highest BCUT2D eigenvalue weighted by Crippen LogP contribution is 2.32. The topological polar surface area (TPSA) is 84.0 Å². The van der Waals surface area contributed by atoms with Crippen molar-refractivity contribution in [2.24, 2.45) is 5.92 Å². The van der Waals surface area contributed by atoms with Crippen LogP contribution in [-0.2, 0) is 25.9 Å². The maximum Gasteiger partial charge on any atom is 0.254 e. The lowest BCUT2D eigenvalue weighted by atomic mass is 9.94. The maximum atomic E-state index is 13.1. The molecule has 0 saturated carbocycles. The summed E-state index contributed by atoms with van der Waals surface area (Å²) in [5.74, 6) is 0.108. The zero-order chi connectivity index (χ0) is 22.3. The van der Waals surface area contributed by atoms with Crippen molar-refractivity contribution in [3.05, 3.63) is 52.9 Å². The van der Waals surface area contributed by atoms with Gasteiger partial charge < -0.3 is 14.4 Å².